The zero-order valence-electron chi connectivity index (χ0n) is 11.4. The van der Waals surface area contributed by atoms with Crippen LogP contribution < -0.4 is 16.0 Å². The average Bonchev–Trinajstić information content (AvgIpc) is 2.38. The lowest BCUT2D eigenvalue weighted by molar-refractivity contribution is -0.120. The van der Waals surface area contributed by atoms with Crippen LogP contribution in [-0.4, -0.2) is 36.7 Å². The summed E-state index contributed by atoms with van der Waals surface area (Å²) >= 11 is 0. The van der Waals surface area contributed by atoms with Crippen LogP contribution in [0.25, 0.3) is 0 Å². The van der Waals surface area contributed by atoms with E-state index in [-0.39, 0.29) is 5.91 Å². The fourth-order valence-corrected chi connectivity index (χ4v) is 1.70. The first kappa shape index (κ1) is 14.4. The molecule has 0 spiro atoms. The van der Waals surface area contributed by atoms with Gasteiger partial charge in [0.05, 0.1) is 5.69 Å². The number of nitrogens with zero attached hydrogens (tertiary/aromatic N) is 3. The number of carbonyl (C=O) groups is 1. The van der Waals surface area contributed by atoms with Gasteiger partial charge in [-0.15, -0.1) is 5.10 Å². The van der Waals surface area contributed by atoms with E-state index in [2.05, 4.69) is 15.5 Å². The highest BCUT2D eigenvalue weighted by atomic mass is 16.1. The molecule has 0 atom stereocenters. The Labute approximate surface area is 108 Å². The highest BCUT2D eigenvalue weighted by molar-refractivity contribution is 5.76. The summed E-state index contributed by atoms with van der Waals surface area (Å²) in [5.74, 6) is 0.762. The topological polar surface area (TPSA) is 84.1 Å². The first-order valence-electron chi connectivity index (χ1n) is 5.95. The second-order valence-corrected chi connectivity index (χ2v) is 4.26. The van der Waals surface area contributed by atoms with Crippen molar-refractivity contribution in [2.45, 2.75) is 26.8 Å². The highest BCUT2D eigenvalue weighted by Crippen LogP contribution is 2.20. The predicted molar refractivity (Wildman–Crippen MR) is 71.4 cm³/mol. The molecule has 1 heterocycles. The van der Waals surface area contributed by atoms with Crippen LogP contribution in [0.1, 0.15) is 23.2 Å². The minimum absolute atomic E-state index is 0.00735. The average molecular weight is 251 g/mol. The summed E-state index contributed by atoms with van der Waals surface area (Å²) in [6.45, 7) is 4.91. The maximum absolute atomic E-state index is 11.2. The molecule has 0 aliphatic heterocycles. The second kappa shape index (κ2) is 6.30. The third-order valence-electron chi connectivity index (χ3n) is 3.08. The molecule has 1 aromatic heterocycles. The molecule has 18 heavy (non-hydrogen) atoms. The Kier molecular flexibility index (Phi) is 5.03. The number of aryl methyl sites for hydroxylation is 1. The molecular weight excluding hydrogens is 230 g/mol. The molecule has 0 fully saturated rings. The molecule has 0 aromatic carbocycles. The van der Waals surface area contributed by atoms with Gasteiger partial charge in [0.1, 0.15) is 0 Å². The van der Waals surface area contributed by atoms with Gasteiger partial charge in [0.2, 0.25) is 5.91 Å². The second-order valence-electron chi connectivity index (χ2n) is 4.26. The molecule has 0 aliphatic rings. The molecule has 0 aliphatic carbocycles. The third kappa shape index (κ3) is 3.16. The van der Waals surface area contributed by atoms with Gasteiger partial charge in [0.15, 0.2) is 5.82 Å². The highest BCUT2D eigenvalue weighted by Gasteiger charge is 2.14. The molecule has 0 radical (unpaired) electrons. The van der Waals surface area contributed by atoms with E-state index >= 15 is 0 Å². The fourth-order valence-electron chi connectivity index (χ4n) is 1.70. The van der Waals surface area contributed by atoms with E-state index in [9.17, 15) is 4.79 Å². The standard InChI is InChI=1S/C12H21N5O/c1-8-9(2)15-16-12(10(8)7-13)17(4)6-5-11(18)14-3/h5-7,13H2,1-4H3,(H,14,18). The number of rotatable bonds is 5. The Morgan fingerprint density at radius 1 is 1.39 bits per heavy atom. The van der Waals surface area contributed by atoms with Crippen molar-refractivity contribution in [1.82, 2.24) is 15.5 Å². The van der Waals surface area contributed by atoms with E-state index in [1.54, 1.807) is 7.05 Å². The van der Waals surface area contributed by atoms with E-state index in [4.69, 9.17) is 5.73 Å². The molecular formula is C12H21N5O. The minimum atomic E-state index is 0.00735. The number of anilines is 1. The van der Waals surface area contributed by atoms with Crippen molar-refractivity contribution >= 4 is 11.7 Å². The molecule has 3 N–H and O–H groups in total. The largest absolute Gasteiger partial charge is 0.359 e. The van der Waals surface area contributed by atoms with Gasteiger partial charge in [-0.05, 0) is 19.4 Å². The number of amides is 1. The van der Waals surface area contributed by atoms with Gasteiger partial charge in [-0.1, -0.05) is 0 Å². The van der Waals surface area contributed by atoms with Crippen molar-refractivity contribution in [2.24, 2.45) is 5.73 Å². The molecule has 0 unspecified atom stereocenters. The predicted octanol–water partition coefficient (Wildman–Crippen LogP) is 0.124. The summed E-state index contributed by atoms with van der Waals surface area (Å²) in [5.41, 5.74) is 8.71. The number of aromatic nitrogens is 2. The Morgan fingerprint density at radius 3 is 2.61 bits per heavy atom. The maximum Gasteiger partial charge on any atom is 0.221 e. The number of nitrogens with one attached hydrogen (secondary N) is 1. The molecule has 1 aromatic rings. The first-order valence-corrected chi connectivity index (χ1v) is 5.95. The summed E-state index contributed by atoms with van der Waals surface area (Å²) < 4.78 is 0. The molecule has 0 saturated carbocycles. The summed E-state index contributed by atoms with van der Waals surface area (Å²) in [6.07, 6.45) is 0.422. The quantitative estimate of drug-likeness (QED) is 0.777. The summed E-state index contributed by atoms with van der Waals surface area (Å²) in [5, 5.41) is 10.9. The molecule has 0 saturated heterocycles. The SMILES string of the molecule is CNC(=O)CCN(C)c1nnc(C)c(C)c1CN. The van der Waals surface area contributed by atoms with Crippen molar-refractivity contribution in [1.29, 1.82) is 0 Å². The van der Waals surface area contributed by atoms with Gasteiger partial charge < -0.3 is 16.0 Å². The maximum atomic E-state index is 11.2. The molecule has 1 rings (SSSR count). The van der Waals surface area contributed by atoms with Gasteiger partial charge in [0.25, 0.3) is 0 Å². The van der Waals surface area contributed by atoms with Crippen molar-refractivity contribution in [2.75, 3.05) is 25.5 Å². The molecule has 100 valence electrons. The van der Waals surface area contributed by atoms with Crippen molar-refractivity contribution < 1.29 is 4.79 Å². The van der Waals surface area contributed by atoms with Gasteiger partial charge in [-0.3, -0.25) is 4.79 Å². The van der Waals surface area contributed by atoms with Crippen LogP contribution in [0.15, 0.2) is 0 Å². The monoisotopic (exact) mass is 251 g/mol. The molecule has 0 bridgehead atoms. The van der Waals surface area contributed by atoms with Crippen molar-refractivity contribution in [3.05, 3.63) is 16.8 Å². The van der Waals surface area contributed by atoms with E-state index in [0.29, 0.717) is 19.5 Å². The summed E-state index contributed by atoms with van der Waals surface area (Å²) in [7, 11) is 3.52. The van der Waals surface area contributed by atoms with Gasteiger partial charge in [-0.25, -0.2) is 0 Å². The van der Waals surface area contributed by atoms with E-state index in [0.717, 1.165) is 22.6 Å². The van der Waals surface area contributed by atoms with E-state index in [1.807, 2.05) is 25.8 Å². The first-order chi connectivity index (χ1) is 8.51. The zero-order chi connectivity index (χ0) is 13.7. The smallest absolute Gasteiger partial charge is 0.221 e. The van der Waals surface area contributed by atoms with E-state index < -0.39 is 0 Å². The lowest BCUT2D eigenvalue weighted by atomic mass is 10.1. The lowest BCUT2D eigenvalue weighted by Gasteiger charge is -2.21. The number of nitrogens with two attached hydrogens (primary N) is 1. The third-order valence-corrected chi connectivity index (χ3v) is 3.08. The van der Waals surface area contributed by atoms with Gasteiger partial charge in [-0.2, -0.15) is 5.10 Å². The Bertz CT molecular complexity index is 433. The molecule has 1 amide bonds. The van der Waals surface area contributed by atoms with E-state index in [1.165, 1.54) is 0 Å². The molecule has 6 heteroatoms. The zero-order valence-corrected chi connectivity index (χ0v) is 11.4. The Balaban J connectivity index is 2.88. The minimum Gasteiger partial charge on any atom is -0.359 e. The Morgan fingerprint density at radius 2 is 2.06 bits per heavy atom. The van der Waals surface area contributed by atoms with Crippen LogP contribution in [0.5, 0.6) is 0 Å². The lowest BCUT2D eigenvalue weighted by Crippen LogP contribution is -2.28. The Hall–Kier alpha value is -1.69. The fraction of sp³-hybridized carbons (Fsp3) is 0.583. The number of hydrogen-bond donors (Lipinski definition) is 2. The van der Waals surface area contributed by atoms with Crippen molar-refractivity contribution in [3.63, 3.8) is 0 Å². The van der Waals surface area contributed by atoms with Crippen LogP contribution in [0.4, 0.5) is 5.82 Å². The number of hydrogen-bond acceptors (Lipinski definition) is 5. The van der Waals surface area contributed by atoms with Crippen LogP contribution in [0, 0.1) is 13.8 Å². The van der Waals surface area contributed by atoms with Crippen LogP contribution >= 0.6 is 0 Å². The van der Waals surface area contributed by atoms with Crippen molar-refractivity contribution in [3.8, 4) is 0 Å². The number of carbonyl (C=O) groups excluding carboxylic acids is 1. The summed E-state index contributed by atoms with van der Waals surface area (Å²) in [6, 6.07) is 0. The normalized spacial score (nSPS) is 10.3. The molecule has 6 nitrogen and oxygen atoms in total. The van der Waals surface area contributed by atoms with Crippen LogP contribution in [0.3, 0.4) is 0 Å². The van der Waals surface area contributed by atoms with Gasteiger partial charge in [0, 0.05) is 39.2 Å². The van der Waals surface area contributed by atoms with Crippen LogP contribution in [0.2, 0.25) is 0 Å². The summed E-state index contributed by atoms with van der Waals surface area (Å²) in [4.78, 5) is 13.1. The van der Waals surface area contributed by atoms with Crippen LogP contribution in [-0.2, 0) is 11.3 Å². The van der Waals surface area contributed by atoms with Gasteiger partial charge >= 0.3 is 0 Å².